The Bertz CT molecular complexity index is 1020. The van der Waals surface area contributed by atoms with Crippen molar-refractivity contribution in [2.45, 2.75) is 11.0 Å². The fourth-order valence-electron chi connectivity index (χ4n) is 2.77. The van der Waals surface area contributed by atoms with Crippen LogP contribution in [0.4, 0.5) is 0 Å². The van der Waals surface area contributed by atoms with Crippen molar-refractivity contribution in [1.29, 1.82) is 0 Å². The number of amidine groups is 1. The van der Waals surface area contributed by atoms with Gasteiger partial charge in [0.15, 0.2) is 17.6 Å². The molecule has 0 fully saturated rings. The van der Waals surface area contributed by atoms with Gasteiger partial charge in [-0.05, 0) is 24.3 Å². The largest absolute Gasteiger partial charge is 0.486 e. The maximum absolute atomic E-state index is 12.0. The standard InChI is InChI=1S/C18H16N2O6S/c21-17(25-11-12-10-24-14-6-2-3-7-15(14)26-12)9-19-18-13-5-1-4-8-16(13)27(22,23)20-18/h1-8,12H,9-11H2,(H,19,20)/t12-/m1/s1. The number of nitrogens with zero attached hydrogens (tertiary/aromatic N) is 1. The molecule has 1 atom stereocenters. The number of carbonyl (C=O) groups excluding carboxylic acids is 1. The summed E-state index contributed by atoms with van der Waals surface area (Å²) in [6.07, 6.45) is -0.415. The summed E-state index contributed by atoms with van der Waals surface area (Å²) >= 11 is 0. The molecule has 2 aromatic rings. The van der Waals surface area contributed by atoms with Gasteiger partial charge >= 0.3 is 5.97 Å². The fourth-order valence-corrected chi connectivity index (χ4v) is 4.02. The predicted octanol–water partition coefficient (Wildman–Crippen LogP) is 1.11. The number of rotatable bonds is 4. The van der Waals surface area contributed by atoms with Crippen LogP contribution in [-0.4, -0.2) is 46.1 Å². The van der Waals surface area contributed by atoms with E-state index < -0.39 is 22.1 Å². The number of para-hydroxylation sites is 2. The average molecular weight is 388 g/mol. The molecule has 8 nitrogen and oxygen atoms in total. The van der Waals surface area contributed by atoms with Crippen LogP contribution >= 0.6 is 0 Å². The summed E-state index contributed by atoms with van der Waals surface area (Å²) < 4.78 is 42.8. The Labute approximate surface area is 155 Å². The van der Waals surface area contributed by atoms with Crippen LogP contribution in [0, 0.1) is 0 Å². The zero-order valence-corrected chi connectivity index (χ0v) is 14.9. The summed E-state index contributed by atoms with van der Waals surface area (Å²) in [5, 5.41) is 0. The van der Waals surface area contributed by atoms with Crippen LogP contribution in [0.2, 0.25) is 0 Å². The van der Waals surface area contributed by atoms with E-state index in [1.807, 2.05) is 12.1 Å². The molecule has 27 heavy (non-hydrogen) atoms. The molecule has 2 heterocycles. The van der Waals surface area contributed by atoms with Crippen molar-refractivity contribution < 1.29 is 27.4 Å². The van der Waals surface area contributed by atoms with Crippen LogP contribution in [0.25, 0.3) is 0 Å². The van der Waals surface area contributed by atoms with Gasteiger partial charge in [-0.15, -0.1) is 0 Å². The highest BCUT2D eigenvalue weighted by Gasteiger charge is 2.30. The van der Waals surface area contributed by atoms with Gasteiger partial charge in [0.1, 0.15) is 25.6 Å². The fraction of sp³-hybridized carbons (Fsp3) is 0.222. The monoisotopic (exact) mass is 388 g/mol. The van der Waals surface area contributed by atoms with E-state index in [4.69, 9.17) is 14.2 Å². The second kappa shape index (κ2) is 6.92. The summed E-state index contributed by atoms with van der Waals surface area (Å²) in [5.41, 5.74) is 0.436. The first-order chi connectivity index (χ1) is 13.0. The Kier molecular flexibility index (Phi) is 4.44. The molecular weight excluding hydrogens is 372 g/mol. The molecule has 0 spiro atoms. The number of nitrogens with one attached hydrogen (secondary N) is 1. The van der Waals surface area contributed by atoms with Crippen LogP contribution in [0.15, 0.2) is 58.4 Å². The molecule has 2 aromatic carbocycles. The lowest BCUT2D eigenvalue weighted by Crippen LogP contribution is -2.34. The van der Waals surface area contributed by atoms with Crippen molar-refractivity contribution in [3.63, 3.8) is 0 Å². The number of hydrogen-bond acceptors (Lipinski definition) is 7. The van der Waals surface area contributed by atoms with Crippen molar-refractivity contribution in [1.82, 2.24) is 4.72 Å². The van der Waals surface area contributed by atoms with Gasteiger partial charge in [0.2, 0.25) is 0 Å². The average Bonchev–Trinajstić information content (AvgIpc) is 2.95. The van der Waals surface area contributed by atoms with Gasteiger partial charge in [-0.2, -0.15) is 0 Å². The van der Waals surface area contributed by atoms with Gasteiger partial charge < -0.3 is 14.2 Å². The molecule has 9 heteroatoms. The molecular formula is C18H16N2O6S. The summed E-state index contributed by atoms with van der Waals surface area (Å²) in [5.74, 6) is 0.794. The lowest BCUT2D eigenvalue weighted by Gasteiger charge is -2.25. The summed E-state index contributed by atoms with van der Waals surface area (Å²) in [6.45, 7) is -0.0251. The van der Waals surface area contributed by atoms with Crippen molar-refractivity contribution in [3.8, 4) is 11.5 Å². The lowest BCUT2D eigenvalue weighted by molar-refractivity contribution is -0.145. The Morgan fingerprint density at radius 3 is 2.74 bits per heavy atom. The zero-order valence-electron chi connectivity index (χ0n) is 14.1. The number of aliphatic imine (C=N–C) groups is 1. The smallest absolute Gasteiger partial charge is 0.327 e. The molecule has 2 aliphatic heterocycles. The van der Waals surface area contributed by atoms with E-state index in [0.29, 0.717) is 17.1 Å². The molecule has 4 rings (SSSR count). The minimum absolute atomic E-state index is 0.0142. The molecule has 0 saturated heterocycles. The van der Waals surface area contributed by atoms with E-state index in [1.54, 1.807) is 30.3 Å². The second-order valence-electron chi connectivity index (χ2n) is 5.95. The summed E-state index contributed by atoms with van der Waals surface area (Å²) in [4.78, 5) is 16.1. The highest BCUT2D eigenvalue weighted by atomic mass is 32.2. The summed E-state index contributed by atoms with van der Waals surface area (Å²) in [7, 11) is -3.63. The van der Waals surface area contributed by atoms with Crippen molar-refractivity contribution >= 4 is 21.8 Å². The quantitative estimate of drug-likeness (QED) is 0.787. The van der Waals surface area contributed by atoms with Crippen LogP contribution in [-0.2, 0) is 19.6 Å². The minimum Gasteiger partial charge on any atom is -0.486 e. The van der Waals surface area contributed by atoms with Gasteiger partial charge in [0.05, 0.1) is 4.90 Å². The number of ether oxygens (including phenoxy) is 3. The number of fused-ring (bicyclic) bond motifs is 2. The third kappa shape index (κ3) is 3.59. The van der Waals surface area contributed by atoms with E-state index in [2.05, 4.69) is 9.71 Å². The van der Waals surface area contributed by atoms with Crippen LogP contribution in [0.5, 0.6) is 11.5 Å². The SMILES string of the molecule is O=C(CN=C1NS(=O)(=O)c2ccccc21)OC[C@H]1COc2ccccc2O1. The highest BCUT2D eigenvalue weighted by Crippen LogP contribution is 2.30. The molecule has 0 aromatic heterocycles. The number of sulfonamides is 1. The summed E-state index contributed by atoms with van der Waals surface area (Å²) in [6, 6.07) is 13.7. The molecule has 0 saturated carbocycles. The topological polar surface area (TPSA) is 103 Å². The van der Waals surface area contributed by atoms with Crippen LogP contribution in [0.1, 0.15) is 5.56 Å². The Hall–Kier alpha value is -3.07. The maximum Gasteiger partial charge on any atom is 0.327 e. The molecule has 0 aliphatic carbocycles. The van der Waals surface area contributed by atoms with Crippen LogP contribution < -0.4 is 14.2 Å². The van der Waals surface area contributed by atoms with Gasteiger partial charge in [-0.3, -0.25) is 14.5 Å². The highest BCUT2D eigenvalue weighted by molar-refractivity contribution is 7.90. The van der Waals surface area contributed by atoms with Crippen molar-refractivity contribution in [2.24, 2.45) is 4.99 Å². The van der Waals surface area contributed by atoms with E-state index in [-0.39, 0.29) is 30.5 Å². The zero-order chi connectivity index (χ0) is 18.9. The first kappa shape index (κ1) is 17.3. The van der Waals surface area contributed by atoms with Gasteiger partial charge in [-0.1, -0.05) is 24.3 Å². The van der Waals surface area contributed by atoms with Crippen molar-refractivity contribution in [2.75, 3.05) is 19.8 Å². The molecule has 0 amide bonds. The first-order valence-electron chi connectivity index (χ1n) is 8.24. The first-order valence-corrected chi connectivity index (χ1v) is 9.72. The molecule has 1 N–H and O–H groups in total. The Morgan fingerprint density at radius 1 is 1.15 bits per heavy atom. The minimum atomic E-state index is -3.63. The normalized spacial score (nSPS) is 20.6. The number of carbonyl (C=O) groups is 1. The van der Waals surface area contributed by atoms with E-state index in [0.717, 1.165) is 0 Å². The van der Waals surface area contributed by atoms with Gasteiger partial charge in [0.25, 0.3) is 10.0 Å². The van der Waals surface area contributed by atoms with Crippen LogP contribution in [0.3, 0.4) is 0 Å². The maximum atomic E-state index is 12.0. The second-order valence-corrected chi connectivity index (χ2v) is 7.60. The number of esters is 1. The van der Waals surface area contributed by atoms with Gasteiger partial charge in [0, 0.05) is 5.56 Å². The van der Waals surface area contributed by atoms with E-state index >= 15 is 0 Å². The molecule has 140 valence electrons. The molecule has 0 bridgehead atoms. The van der Waals surface area contributed by atoms with E-state index in [1.165, 1.54) is 6.07 Å². The van der Waals surface area contributed by atoms with E-state index in [9.17, 15) is 13.2 Å². The molecule has 0 unspecified atom stereocenters. The number of hydrogen-bond donors (Lipinski definition) is 1. The van der Waals surface area contributed by atoms with Crippen molar-refractivity contribution in [3.05, 3.63) is 54.1 Å². The predicted molar refractivity (Wildman–Crippen MR) is 95.5 cm³/mol. The molecule has 2 aliphatic rings. The third-order valence-electron chi connectivity index (χ3n) is 4.03. The molecule has 0 radical (unpaired) electrons. The third-order valence-corrected chi connectivity index (χ3v) is 5.42. The number of benzene rings is 2. The lowest BCUT2D eigenvalue weighted by atomic mass is 10.2. The Morgan fingerprint density at radius 2 is 1.89 bits per heavy atom. The van der Waals surface area contributed by atoms with Gasteiger partial charge in [-0.25, -0.2) is 8.42 Å². The Balaban J connectivity index is 1.34.